The van der Waals surface area contributed by atoms with Gasteiger partial charge in [0.15, 0.2) is 0 Å². The molecule has 0 aliphatic heterocycles. The molecule has 0 spiro atoms. The van der Waals surface area contributed by atoms with Gasteiger partial charge >= 0.3 is 0 Å². The fraction of sp³-hybridized carbons (Fsp3) is 1.00. The van der Waals surface area contributed by atoms with Gasteiger partial charge in [-0.05, 0) is 42.4 Å². The Morgan fingerprint density at radius 2 is 1.50 bits per heavy atom. The standard InChI is InChI=1S/C20H40/c1-6-17(4)10-11-19-12-14-20(15-13-19)18(5)9-7-8-16(2)3/h16-20H,6-15H2,1-5H3. The molecule has 0 aromatic rings. The van der Waals surface area contributed by atoms with Gasteiger partial charge in [0.25, 0.3) is 0 Å². The van der Waals surface area contributed by atoms with E-state index in [0.29, 0.717) is 0 Å². The fourth-order valence-electron chi connectivity index (χ4n) is 3.85. The highest BCUT2D eigenvalue weighted by Crippen LogP contribution is 2.37. The molecule has 0 saturated heterocycles. The summed E-state index contributed by atoms with van der Waals surface area (Å²) in [5.74, 6) is 4.91. The summed E-state index contributed by atoms with van der Waals surface area (Å²) in [4.78, 5) is 0. The number of hydrogen-bond donors (Lipinski definition) is 0. The van der Waals surface area contributed by atoms with E-state index in [-0.39, 0.29) is 0 Å². The molecule has 20 heavy (non-hydrogen) atoms. The van der Waals surface area contributed by atoms with E-state index in [0.717, 1.165) is 29.6 Å². The molecule has 2 atom stereocenters. The molecule has 0 nitrogen and oxygen atoms in total. The van der Waals surface area contributed by atoms with E-state index in [1.165, 1.54) is 64.2 Å². The summed E-state index contributed by atoms with van der Waals surface area (Å²) in [5, 5.41) is 0. The zero-order chi connectivity index (χ0) is 15.0. The van der Waals surface area contributed by atoms with E-state index in [1.54, 1.807) is 0 Å². The molecule has 0 bridgehead atoms. The van der Waals surface area contributed by atoms with Crippen LogP contribution in [0.3, 0.4) is 0 Å². The highest BCUT2D eigenvalue weighted by molar-refractivity contribution is 4.76. The number of hydrogen-bond acceptors (Lipinski definition) is 0. The SMILES string of the molecule is CCC(C)CCC1CCC(C(C)CCCC(C)C)CC1. The Kier molecular flexibility index (Phi) is 8.89. The van der Waals surface area contributed by atoms with Crippen LogP contribution in [0.4, 0.5) is 0 Å². The maximum absolute atomic E-state index is 2.52. The normalized spacial score (nSPS) is 26.7. The van der Waals surface area contributed by atoms with E-state index in [4.69, 9.17) is 0 Å². The minimum absolute atomic E-state index is 0.887. The molecule has 120 valence electrons. The lowest BCUT2D eigenvalue weighted by Gasteiger charge is -2.33. The summed E-state index contributed by atoms with van der Waals surface area (Å²) in [6, 6.07) is 0. The molecular formula is C20H40. The second kappa shape index (κ2) is 9.85. The lowest BCUT2D eigenvalue weighted by molar-refractivity contribution is 0.191. The van der Waals surface area contributed by atoms with E-state index < -0.39 is 0 Å². The minimum Gasteiger partial charge on any atom is -0.0651 e. The Morgan fingerprint density at radius 1 is 0.850 bits per heavy atom. The van der Waals surface area contributed by atoms with Crippen LogP contribution in [0, 0.1) is 29.6 Å². The first kappa shape index (κ1) is 18.1. The first-order valence-electron chi connectivity index (χ1n) is 9.52. The first-order chi connectivity index (χ1) is 9.52. The Morgan fingerprint density at radius 3 is 2.05 bits per heavy atom. The lowest BCUT2D eigenvalue weighted by Crippen LogP contribution is -2.20. The minimum atomic E-state index is 0.887. The molecule has 0 heteroatoms. The van der Waals surface area contributed by atoms with Gasteiger partial charge in [0, 0.05) is 0 Å². The van der Waals surface area contributed by atoms with Gasteiger partial charge in [0.1, 0.15) is 0 Å². The van der Waals surface area contributed by atoms with Crippen molar-refractivity contribution in [1.29, 1.82) is 0 Å². The molecule has 1 saturated carbocycles. The van der Waals surface area contributed by atoms with Gasteiger partial charge in [-0.15, -0.1) is 0 Å². The van der Waals surface area contributed by atoms with Gasteiger partial charge < -0.3 is 0 Å². The third-order valence-corrected chi connectivity index (χ3v) is 5.90. The van der Waals surface area contributed by atoms with Crippen molar-refractivity contribution in [1.82, 2.24) is 0 Å². The molecule has 0 aromatic heterocycles. The van der Waals surface area contributed by atoms with Crippen LogP contribution in [0.2, 0.25) is 0 Å². The summed E-state index contributed by atoms with van der Waals surface area (Å²) >= 11 is 0. The summed E-state index contributed by atoms with van der Waals surface area (Å²) in [6.45, 7) is 12.0. The van der Waals surface area contributed by atoms with Gasteiger partial charge in [-0.25, -0.2) is 0 Å². The van der Waals surface area contributed by atoms with Crippen LogP contribution in [0.25, 0.3) is 0 Å². The maximum Gasteiger partial charge on any atom is -0.0388 e. The first-order valence-corrected chi connectivity index (χ1v) is 9.52. The highest BCUT2D eigenvalue weighted by Gasteiger charge is 2.25. The lowest BCUT2D eigenvalue weighted by atomic mass is 9.73. The summed E-state index contributed by atoms with van der Waals surface area (Å²) in [7, 11) is 0. The summed E-state index contributed by atoms with van der Waals surface area (Å²) in [5.41, 5.74) is 0. The van der Waals surface area contributed by atoms with Crippen LogP contribution in [-0.2, 0) is 0 Å². The third kappa shape index (κ3) is 7.14. The predicted octanol–water partition coefficient (Wildman–Crippen LogP) is 7.08. The molecule has 1 rings (SSSR count). The Balaban J connectivity index is 2.14. The van der Waals surface area contributed by atoms with Crippen LogP contribution in [0.1, 0.15) is 98.8 Å². The van der Waals surface area contributed by atoms with Crippen molar-refractivity contribution in [2.75, 3.05) is 0 Å². The Bertz CT molecular complexity index is 222. The van der Waals surface area contributed by atoms with E-state index in [9.17, 15) is 0 Å². The quantitative estimate of drug-likeness (QED) is 0.423. The molecule has 0 amide bonds. The van der Waals surface area contributed by atoms with Crippen molar-refractivity contribution in [3.05, 3.63) is 0 Å². The second-order valence-electron chi connectivity index (χ2n) is 8.17. The van der Waals surface area contributed by atoms with Crippen molar-refractivity contribution in [2.45, 2.75) is 98.8 Å². The van der Waals surface area contributed by atoms with Crippen LogP contribution in [0.15, 0.2) is 0 Å². The van der Waals surface area contributed by atoms with Crippen molar-refractivity contribution in [3.63, 3.8) is 0 Å². The van der Waals surface area contributed by atoms with E-state index in [1.807, 2.05) is 0 Å². The van der Waals surface area contributed by atoms with Crippen LogP contribution in [-0.4, -0.2) is 0 Å². The molecule has 0 aromatic carbocycles. The molecule has 0 heterocycles. The average Bonchev–Trinajstić information content (AvgIpc) is 2.44. The van der Waals surface area contributed by atoms with Gasteiger partial charge in [0.05, 0.1) is 0 Å². The third-order valence-electron chi connectivity index (χ3n) is 5.90. The van der Waals surface area contributed by atoms with Crippen molar-refractivity contribution >= 4 is 0 Å². The zero-order valence-electron chi connectivity index (χ0n) is 15.0. The largest absolute Gasteiger partial charge is 0.0651 e. The van der Waals surface area contributed by atoms with Gasteiger partial charge in [-0.1, -0.05) is 86.0 Å². The molecule has 0 radical (unpaired) electrons. The maximum atomic E-state index is 2.52. The summed E-state index contributed by atoms with van der Waals surface area (Å²) < 4.78 is 0. The summed E-state index contributed by atoms with van der Waals surface area (Å²) in [6.07, 6.45) is 14.8. The molecule has 1 aliphatic carbocycles. The topological polar surface area (TPSA) is 0 Å². The molecule has 1 fully saturated rings. The zero-order valence-corrected chi connectivity index (χ0v) is 15.0. The van der Waals surface area contributed by atoms with Crippen molar-refractivity contribution in [3.8, 4) is 0 Å². The fourth-order valence-corrected chi connectivity index (χ4v) is 3.85. The van der Waals surface area contributed by atoms with E-state index >= 15 is 0 Å². The molecule has 0 N–H and O–H groups in total. The molecule has 2 unspecified atom stereocenters. The predicted molar refractivity (Wildman–Crippen MR) is 92.0 cm³/mol. The average molecular weight is 281 g/mol. The second-order valence-corrected chi connectivity index (χ2v) is 8.17. The molecular weight excluding hydrogens is 240 g/mol. The monoisotopic (exact) mass is 280 g/mol. The number of rotatable bonds is 9. The van der Waals surface area contributed by atoms with Crippen molar-refractivity contribution in [2.24, 2.45) is 29.6 Å². The smallest absolute Gasteiger partial charge is 0.0388 e. The van der Waals surface area contributed by atoms with Crippen LogP contribution < -0.4 is 0 Å². The van der Waals surface area contributed by atoms with Crippen molar-refractivity contribution < 1.29 is 0 Å². The van der Waals surface area contributed by atoms with E-state index in [2.05, 4.69) is 34.6 Å². The van der Waals surface area contributed by atoms with Gasteiger partial charge in [-0.3, -0.25) is 0 Å². The van der Waals surface area contributed by atoms with Crippen LogP contribution in [0.5, 0.6) is 0 Å². The van der Waals surface area contributed by atoms with Crippen LogP contribution >= 0.6 is 0 Å². The molecule has 1 aliphatic rings. The Labute approximate surface area is 129 Å². The highest BCUT2D eigenvalue weighted by atomic mass is 14.3. The van der Waals surface area contributed by atoms with Gasteiger partial charge in [0.2, 0.25) is 0 Å². The van der Waals surface area contributed by atoms with Gasteiger partial charge in [-0.2, -0.15) is 0 Å². The Hall–Kier alpha value is 0.